The molecule has 5 heteroatoms. The Morgan fingerprint density at radius 2 is 2.04 bits per heavy atom. The maximum absolute atomic E-state index is 11.5. The van der Waals surface area contributed by atoms with E-state index in [0.717, 1.165) is 50.6 Å². The molecule has 0 unspecified atom stereocenters. The van der Waals surface area contributed by atoms with Gasteiger partial charge in [0.2, 0.25) is 5.91 Å². The zero-order valence-corrected chi connectivity index (χ0v) is 15.1. The van der Waals surface area contributed by atoms with E-state index in [2.05, 4.69) is 11.0 Å². The summed E-state index contributed by atoms with van der Waals surface area (Å²) in [6.45, 7) is 6.50. The molecule has 3 rings (SSSR count). The predicted molar refractivity (Wildman–Crippen MR) is 95.8 cm³/mol. The van der Waals surface area contributed by atoms with Gasteiger partial charge >= 0.3 is 0 Å². The molecular weight excluding hydrogens is 324 g/mol. The quantitative estimate of drug-likeness (QED) is 0.907. The number of likely N-dealkylation sites (tertiary alicyclic amines) is 2. The van der Waals surface area contributed by atoms with Gasteiger partial charge in [-0.3, -0.25) is 9.69 Å². The molecule has 2 saturated heterocycles. The number of carbonyl (C=O) groups excluding carboxylic acids is 1. The van der Waals surface area contributed by atoms with Crippen molar-refractivity contribution < 1.29 is 9.90 Å². The third-order valence-electron chi connectivity index (χ3n) is 5.69. The van der Waals surface area contributed by atoms with Crippen LogP contribution in [0.2, 0.25) is 5.02 Å². The number of aliphatic hydroxyl groups excluding tert-OH is 1. The molecule has 1 aromatic carbocycles. The number of hydrogen-bond donors (Lipinski definition) is 1. The standard InChI is InChI=1S/C19H27ClN2O2/c1-14(24)22-7-5-16(6-8-22)19-12-21(11-17(19)13-23)10-15-3-2-4-18(20)9-15/h2-4,9,16-17,19,23H,5-8,10-13H2,1H3/t17-,19-/m0/s1. The number of carbonyl (C=O) groups is 1. The molecule has 0 saturated carbocycles. The van der Waals surface area contributed by atoms with Gasteiger partial charge < -0.3 is 10.0 Å². The highest BCUT2D eigenvalue weighted by molar-refractivity contribution is 6.30. The van der Waals surface area contributed by atoms with Gasteiger partial charge in [0.05, 0.1) is 0 Å². The lowest BCUT2D eigenvalue weighted by Crippen LogP contribution is -2.40. The number of rotatable bonds is 4. The Morgan fingerprint density at radius 1 is 1.29 bits per heavy atom. The van der Waals surface area contributed by atoms with Crippen molar-refractivity contribution in [2.75, 3.05) is 32.8 Å². The van der Waals surface area contributed by atoms with Crippen LogP contribution in [0.1, 0.15) is 25.3 Å². The summed E-state index contributed by atoms with van der Waals surface area (Å²) in [6, 6.07) is 8.02. The van der Waals surface area contributed by atoms with Crippen molar-refractivity contribution in [3.8, 4) is 0 Å². The monoisotopic (exact) mass is 350 g/mol. The predicted octanol–water partition coefficient (Wildman–Crippen LogP) is 2.64. The second kappa shape index (κ2) is 7.85. The lowest BCUT2D eigenvalue weighted by atomic mass is 9.79. The molecule has 2 aliphatic rings. The second-order valence-corrected chi connectivity index (χ2v) is 7.71. The highest BCUT2D eigenvalue weighted by Gasteiger charge is 2.38. The summed E-state index contributed by atoms with van der Waals surface area (Å²) < 4.78 is 0. The van der Waals surface area contributed by atoms with Crippen LogP contribution in [0, 0.1) is 17.8 Å². The summed E-state index contributed by atoms with van der Waals surface area (Å²) in [6.07, 6.45) is 2.12. The topological polar surface area (TPSA) is 43.8 Å². The number of benzene rings is 1. The molecule has 2 aliphatic heterocycles. The number of nitrogens with zero attached hydrogens (tertiary/aromatic N) is 2. The Balaban J connectivity index is 1.59. The van der Waals surface area contributed by atoms with Crippen molar-refractivity contribution in [3.63, 3.8) is 0 Å². The smallest absolute Gasteiger partial charge is 0.219 e. The molecule has 2 atom stereocenters. The van der Waals surface area contributed by atoms with Crippen molar-refractivity contribution in [3.05, 3.63) is 34.9 Å². The fourth-order valence-corrected chi connectivity index (χ4v) is 4.59. The van der Waals surface area contributed by atoms with Gasteiger partial charge in [-0.2, -0.15) is 0 Å². The van der Waals surface area contributed by atoms with Crippen LogP contribution in [0.15, 0.2) is 24.3 Å². The summed E-state index contributed by atoms with van der Waals surface area (Å²) in [7, 11) is 0. The summed E-state index contributed by atoms with van der Waals surface area (Å²) in [5, 5.41) is 10.6. The largest absolute Gasteiger partial charge is 0.396 e. The second-order valence-electron chi connectivity index (χ2n) is 7.27. The molecule has 132 valence electrons. The zero-order chi connectivity index (χ0) is 17.1. The minimum Gasteiger partial charge on any atom is -0.396 e. The number of halogens is 1. The van der Waals surface area contributed by atoms with Crippen LogP contribution < -0.4 is 0 Å². The third kappa shape index (κ3) is 4.11. The number of amides is 1. The molecule has 2 heterocycles. The first-order valence-corrected chi connectivity index (χ1v) is 9.27. The maximum Gasteiger partial charge on any atom is 0.219 e. The minimum absolute atomic E-state index is 0.182. The van der Waals surface area contributed by atoms with Crippen LogP contribution >= 0.6 is 11.6 Å². The fourth-order valence-electron chi connectivity index (χ4n) is 4.38. The average Bonchev–Trinajstić information content (AvgIpc) is 2.98. The lowest BCUT2D eigenvalue weighted by Gasteiger charge is -2.36. The first-order valence-electron chi connectivity index (χ1n) is 8.90. The van der Waals surface area contributed by atoms with Crippen molar-refractivity contribution in [1.82, 2.24) is 9.80 Å². The Labute approximate surface area is 149 Å². The first-order chi connectivity index (χ1) is 11.6. The van der Waals surface area contributed by atoms with Crippen molar-refractivity contribution >= 4 is 17.5 Å². The van der Waals surface area contributed by atoms with E-state index in [-0.39, 0.29) is 12.5 Å². The maximum atomic E-state index is 11.5. The molecular formula is C19H27ClN2O2. The Bertz CT molecular complexity index is 572. The van der Waals surface area contributed by atoms with Gasteiger partial charge in [-0.15, -0.1) is 0 Å². The average molecular weight is 351 g/mol. The number of aliphatic hydroxyl groups is 1. The van der Waals surface area contributed by atoms with Gasteiger partial charge in [-0.25, -0.2) is 0 Å². The van der Waals surface area contributed by atoms with E-state index in [0.29, 0.717) is 17.8 Å². The summed E-state index contributed by atoms with van der Waals surface area (Å²) in [4.78, 5) is 15.9. The Kier molecular flexibility index (Phi) is 5.80. The van der Waals surface area contributed by atoms with Gasteiger partial charge in [-0.1, -0.05) is 23.7 Å². The van der Waals surface area contributed by atoms with E-state index in [1.807, 2.05) is 23.1 Å². The van der Waals surface area contributed by atoms with Crippen molar-refractivity contribution in [2.45, 2.75) is 26.3 Å². The third-order valence-corrected chi connectivity index (χ3v) is 5.92. The Hall–Kier alpha value is -1.10. The van der Waals surface area contributed by atoms with E-state index in [1.165, 1.54) is 5.56 Å². The molecule has 0 aliphatic carbocycles. The van der Waals surface area contributed by atoms with Crippen LogP contribution in [0.3, 0.4) is 0 Å². The molecule has 0 aromatic heterocycles. The molecule has 4 nitrogen and oxygen atoms in total. The van der Waals surface area contributed by atoms with Gasteiger partial charge in [0.25, 0.3) is 0 Å². The first kappa shape index (κ1) is 17.7. The lowest BCUT2D eigenvalue weighted by molar-refractivity contribution is -0.130. The molecule has 24 heavy (non-hydrogen) atoms. The van der Waals surface area contributed by atoms with Crippen LogP contribution in [0.4, 0.5) is 0 Å². The normalized spacial score (nSPS) is 26.0. The summed E-state index contributed by atoms with van der Waals surface area (Å²) in [5.41, 5.74) is 1.23. The molecule has 1 aromatic rings. The summed E-state index contributed by atoms with van der Waals surface area (Å²) >= 11 is 6.09. The van der Waals surface area contributed by atoms with E-state index < -0.39 is 0 Å². The van der Waals surface area contributed by atoms with Crippen molar-refractivity contribution in [1.29, 1.82) is 0 Å². The summed E-state index contributed by atoms with van der Waals surface area (Å²) in [5.74, 6) is 1.67. The van der Waals surface area contributed by atoms with Gasteiger partial charge in [0.1, 0.15) is 0 Å². The van der Waals surface area contributed by atoms with E-state index in [9.17, 15) is 9.90 Å². The van der Waals surface area contributed by atoms with Gasteiger partial charge in [0, 0.05) is 51.3 Å². The van der Waals surface area contributed by atoms with Crippen molar-refractivity contribution in [2.24, 2.45) is 17.8 Å². The van der Waals surface area contributed by atoms with Gasteiger partial charge in [-0.05, 0) is 48.3 Å². The Morgan fingerprint density at radius 3 is 2.67 bits per heavy atom. The molecule has 0 bridgehead atoms. The molecule has 2 fully saturated rings. The van der Waals surface area contributed by atoms with Crippen LogP contribution in [-0.4, -0.2) is 53.6 Å². The SMILES string of the molecule is CC(=O)N1CCC([C@@H]2CN(Cc3cccc(Cl)c3)C[C@H]2CO)CC1. The fraction of sp³-hybridized carbons (Fsp3) is 0.632. The number of hydrogen-bond acceptors (Lipinski definition) is 3. The van der Waals surface area contributed by atoms with Crippen LogP contribution in [0.5, 0.6) is 0 Å². The minimum atomic E-state index is 0.182. The zero-order valence-electron chi connectivity index (χ0n) is 14.3. The molecule has 0 spiro atoms. The highest BCUT2D eigenvalue weighted by Crippen LogP contribution is 2.36. The molecule has 0 radical (unpaired) electrons. The van der Waals surface area contributed by atoms with Gasteiger partial charge in [0.15, 0.2) is 0 Å². The van der Waals surface area contributed by atoms with Crippen LogP contribution in [0.25, 0.3) is 0 Å². The van der Waals surface area contributed by atoms with Crippen LogP contribution in [-0.2, 0) is 11.3 Å². The highest BCUT2D eigenvalue weighted by atomic mass is 35.5. The van der Waals surface area contributed by atoms with E-state index >= 15 is 0 Å². The molecule has 1 N–H and O–H groups in total. The molecule has 1 amide bonds. The van der Waals surface area contributed by atoms with E-state index in [1.54, 1.807) is 6.92 Å². The number of piperidine rings is 1. The van der Waals surface area contributed by atoms with E-state index in [4.69, 9.17) is 11.6 Å².